The number of aryl methyl sites for hydroxylation is 1. The lowest BCUT2D eigenvalue weighted by molar-refractivity contribution is 0.0650. The molecule has 0 atom stereocenters. The number of hydrogen-bond acceptors (Lipinski definition) is 5. The highest BCUT2D eigenvalue weighted by atomic mass is 16.2. The lowest BCUT2D eigenvalue weighted by Gasteiger charge is -2.34. The van der Waals surface area contributed by atoms with Crippen molar-refractivity contribution in [1.82, 2.24) is 30.0 Å². The van der Waals surface area contributed by atoms with Crippen molar-refractivity contribution >= 4 is 12.0 Å². The Morgan fingerprint density at radius 1 is 1.07 bits per heavy atom. The quantitative estimate of drug-likeness (QED) is 0.672. The topological polar surface area (TPSA) is 67.2 Å². The van der Waals surface area contributed by atoms with Crippen molar-refractivity contribution in [2.45, 2.75) is 6.92 Å². The standard InChI is InChI=1S/C22H24N6O/c1-18-9-10-20(16-21(18)28-17-23-24-25-28)22(29)27-14-12-26(13-15-27)11-5-8-19-6-3-2-4-7-19/h2-10,16-17H,11-15H2,1H3/b8-5+. The number of carbonyl (C=O) groups is 1. The summed E-state index contributed by atoms with van der Waals surface area (Å²) < 4.78 is 1.59. The van der Waals surface area contributed by atoms with Gasteiger partial charge in [-0.1, -0.05) is 48.6 Å². The molecule has 0 saturated carbocycles. The van der Waals surface area contributed by atoms with Crippen LogP contribution in [0.25, 0.3) is 11.8 Å². The van der Waals surface area contributed by atoms with E-state index >= 15 is 0 Å². The summed E-state index contributed by atoms with van der Waals surface area (Å²) in [5.41, 5.74) is 3.71. The van der Waals surface area contributed by atoms with Crippen molar-refractivity contribution < 1.29 is 4.79 Å². The highest BCUT2D eigenvalue weighted by Crippen LogP contribution is 2.17. The van der Waals surface area contributed by atoms with E-state index in [1.807, 2.05) is 48.2 Å². The first-order valence-electron chi connectivity index (χ1n) is 9.78. The maximum absolute atomic E-state index is 13.0. The van der Waals surface area contributed by atoms with Crippen LogP contribution in [-0.4, -0.2) is 68.6 Å². The number of hydrogen-bond donors (Lipinski definition) is 0. The monoisotopic (exact) mass is 388 g/mol. The van der Waals surface area contributed by atoms with E-state index in [9.17, 15) is 4.79 Å². The number of nitrogens with zero attached hydrogens (tertiary/aromatic N) is 6. The Hall–Kier alpha value is -3.32. The molecule has 1 saturated heterocycles. The molecule has 7 nitrogen and oxygen atoms in total. The fourth-order valence-corrected chi connectivity index (χ4v) is 3.48. The minimum atomic E-state index is 0.0544. The molecule has 0 spiro atoms. The van der Waals surface area contributed by atoms with Crippen LogP contribution in [-0.2, 0) is 0 Å². The van der Waals surface area contributed by atoms with Crippen molar-refractivity contribution in [2.75, 3.05) is 32.7 Å². The summed E-state index contributed by atoms with van der Waals surface area (Å²) >= 11 is 0. The van der Waals surface area contributed by atoms with Crippen molar-refractivity contribution in [3.63, 3.8) is 0 Å². The summed E-state index contributed by atoms with van der Waals surface area (Å²) in [6.45, 7) is 6.07. The summed E-state index contributed by atoms with van der Waals surface area (Å²) in [5.74, 6) is 0.0544. The number of aromatic nitrogens is 4. The molecule has 0 aliphatic carbocycles. The first-order valence-corrected chi connectivity index (χ1v) is 9.78. The minimum absolute atomic E-state index is 0.0544. The SMILES string of the molecule is Cc1ccc(C(=O)N2CCN(C/C=C/c3ccccc3)CC2)cc1-n1cnnn1. The third-order valence-corrected chi connectivity index (χ3v) is 5.18. The van der Waals surface area contributed by atoms with Crippen LogP contribution in [0.4, 0.5) is 0 Å². The fraction of sp³-hybridized carbons (Fsp3) is 0.273. The molecule has 1 aliphatic rings. The maximum Gasteiger partial charge on any atom is 0.254 e. The van der Waals surface area contributed by atoms with Crippen LogP contribution in [0.1, 0.15) is 21.5 Å². The predicted molar refractivity (Wildman–Crippen MR) is 112 cm³/mol. The Kier molecular flexibility index (Phi) is 5.76. The number of carbonyl (C=O) groups excluding carboxylic acids is 1. The molecule has 148 valence electrons. The van der Waals surface area contributed by atoms with E-state index in [0.29, 0.717) is 5.56 Å². The summed E-state index contributed by atoms with van der Waals surface area (Å²) in [6, 6.07) is 16.0. The number of piperazine rings is 1. The molecule has 0 unspecified atom stereocenters. The van der Waals surface area contributed by atoms with Crippen LogP contribution in [0, 0.1) is 6.92 Å². The van der Waals surface area contributed by atoms with Gasteiger partial charge in [-0.25, -0.2) is 4.68 Å². The van der Waals surface area contributed by atoms with E-state index in [-0.39, 0.29) is 5.91 Å². The molecule has 1 aliphatic heterocycles. The smallest absolute Gasteiger partial charge is 0.254 e. The molecule has 0 radical (unpaired) electrons. The van der Waals surface area contributed by atoms with Crippen LogP contribution < -0.4 is 0 Å². The lowest BCUT2D eigenvalue weighted by Crippen LogP contribution is -2.48. The molecule has 1 fully saturated rings. The largest absolute Gasteiger partial charge is 0.336 e. The number of tetrazole rings is 1. The second-order valence-electron chi connectivity index (χ2n) is 7.16. The molecule has 2 heterocycles. The number of amides is 1. The Labute approximate surface area is 170 Å². The Bertz CT molecular complexity index is 976. The summed E-state index contributed by atoms with van der Waals surface area (Å²) in [6.07, 6.45) is 5.87. The molecule has 29 heavy (non-hydrogen) atoms. The van der Waals surface area contributed by atoms with E-state index in [1.54, 1.807) is 11.0 Å². The van der Waals surface area contributed by atoms with Crippen LogP contribution >= 0.6 is 0 Å². The minimum Gasteiger partial charge on any atom is -0.336 e. The lowest BCUT2D eigenvalue weighted by atomic mass is 10.1. The predicted octanol–water partition coefficient (Wildman–Crippen LogP) is 2.44. The molecule has 1 amide bonds. The second kappa shape index (κ2) is 8.79. The molecule has 2 aromatic carbocycles. The van der Waals surface area contributed by atoms with Gasteiger partial charge in [-0.3, -0.25) is 9.69 Å². The first-order chi connectivity index (χ1) is 14.2. The van der Waals surface area contributed by atoms with Gasteiger partial charge in [0, 0.05) is 38.3 Å². The van der Waals surface area contributed by atoms with Gasteiger partial charge in [0.2, 0.25) is 0 Å². The molecular weight excluding hydrogens is 364 g/mol. The third kappa shape index (κ3) is 4.57. The zero-order chi connectivity index (χ0) is 20.1. The first kappa shape index (κ1) is 19.0. The molecule has 3 aromatic rings. The van der Waals surface area contributed by atoms with E-state index < -0.39 is 0 Å². The summed E-state index contributed by atoms with van der Waals surface area (Å²) in [5, 5.41) is 11.3. The molecule has 4 rings (SSSR count). The fourth-order valence-electron chi connectivity index (χ4n) is 3.48. The number of benzene rings is 2. The van der Waals surface area contributed by atoms with E-state index in [2.05, 4.69) is 44.7 Å². The zero-order valence-electron chi connectivity index (χ0n) is 16.5. The summed E-state index contributed by atoms with van der Waals surface area (Å²) in [7, 11) is 0. The molecule has 0 bridgehead atoms. The Morgan fingerprint density at radius 2 is 1.86 bits per heavy atom. The van der Waals surface area contributed by atoms with Gasteiger partial charge in [-0.2, -0.15) is 0 Å². The van der Waals surface area contributed by atoms with E-state index in [0.717, 1.165) is 44.0 Å². The van der Waals surface area contributed by atoms with Gasteiger partial charge in [0.1, 0.15) is 6.33 Å². The second-order valence-corrected chi connectivity index (χ2v) is 7.16. The molecule has 7 heteroatoms. The van der Waals surface area contributed by atoms with Gasteiger partial charge in [-0.05, 0) is 40.6 Å². The molecule has 0 N–H and O–H groups in total. The van der Waals surface area contributed by atoms with E-state index in [1.165, 1.54) is 5.56 Å². The highest BCUT2D eigenvalue weighted by molar-refractivity contribution is 5.95. The van der Waals surface area contributed by atoms with Crippen LogP contribution in [0.5, 0.6) is 0 Å². The Morgan fingerprint density at radius 3 is 2.59 bits per heavy atom. The normalized spacial score (nSPS) is 15.1. The van der Waals surface area contributed by atoms with Crippen LogP contribution in [0.15, 0.2) is 60.9 Å². The third-order valence-electron chi connectivity index (χ3n) is 5.18. The van der Waals surface area contributed by atoms with Gasteiger partial charge in [0.15, 0.2) is 0 Å². The van der Waals surface area contributed by atoms with Gasteiger partial charge in [0.25, 0.3) is 5.91 Å². The van der Waals surface area contributed by atoms with Gasteiger partial charge < -0.3 is 4.90 Å². The van der Waals surface area contributed by atoms with Crippen molar-refractivity contribution in [3.05, 3.63) is 77.6 Å². The Balaban J connectivity index is 1.35. The van der Waals surface area contributed by atoms with Crippen molar-refractivity contribution in [1.29, 1.82) is 0 Å². The molecular formula is C22H24N6O. The van der Waals surface area contributed by atoms with Gasteiger partial charge in [-0.15, -0.1) is 5.10 Å². The van der Waals surface area contributed by atoms with Crippen molar-refractivity contribution in [2.24, 2.45) is 0 Å². The maximum atomic E-state index is 13.0. The van der Waals surface area contributed by atoms with Crippen molar-refractivity contribution in [3.8, 4) is 5.69 Å². The van der Waals surface area contributed by atoms with Gasteiger partial charge >= 0.3 is 0 Å². The van der Waals surface area contributed by atoms with Crippen LogP contribution in [0.2, 0.25) is 0 Å². The summed E-state index contributed by atoms with van der Waals surface area (Å²) in [4.78, 5) is 17.3. The average molecular weight is 388 g/mol. The van der Waals surface area contributed by atoms with E-state index in [4.69, 9.17) is 0 Å². The highest BCUT2D eigenvalue weighted by Gasteiger charge is 2.22. The number of rotatable bonds is 5. The molecule has 1 aromatic heterocycles. The van der Waals surface area contributed by atoms with Crippen LogP contribution in [0.3, 0.4) is 0 Å². The van der Waals surface area contributed by atoms with Gasteiger partial charge in [0.05, 0.1) is 5.69 Å². The average Bonchev–Trinajstić information content (AvgIpc) is 3.30. The zero-order valence-corrected chi connectivity index (χ0v) is 16.5.